The fraction of sp³-hybridized carbons (Fsp3) is 0.259. The second-order valence-corrected chi connectivity index (χ2v) is 10.1. The summed E-state index contributed by atoms with van der Waals surface area (Å²) in [6.07, 6.45) is -3.72. The van der Waals surface area contributed by atoms with E-state index in [0.717, 1.165) is 16.7 Å². The molecule has 198 valence electrons. The normalized spacial score (nSPS) is 17.9. The van der Waals surface area contributed by atoms with Crippen molar-refractivity contribution < 1.29 is 31.8 Å². The zero-order valence-electron chi connectivity index (χ0n) is 20.3. The molecule has 2 N–H and O–H groups in total. The van der Waals surface area contributed by atoms with Gasteiger partial charge in [-0.25, -0.2) is 4.79 Å². The number of urea groups is 1. The first-order valence-electron chi connectivity index (χ1n) is 12.3. The molecule has 3 amide bonds. The van der Waals surface area contributed by atoms with E-state index in [-0.39, 0.29) is 23.0 Å². The van der Waals surface area contributed by atoms with Gasteiger partial charge in [0, 0.05) is 36.3 Å². The van der Waals surface area contributed by atoms with Gasteiger partial charge in [-0.1, -0.05) is 58.8 Å². The first-order valence-corrected chi connectivity index (χ1v) is 12.3. The van der Waals surface area contributed by atoms with E-state index in [4.69, 9.17) is 9.05 Å². The number of carbonyl (C=O) groups is 2. The zero-order valence-corrected chi connectivity index (χ0v) is 20.3. The van der Waals surface area contributed by atoms with Crippen LogP contribution in [0, 0.1) is 0 Å². The number of fused-ring (bicyclic) bond motifs is 3. The van der Waals surface area contributed by atoms with Crippen LogP contribution in [-0.2, 0) is 30.4 Å². The van der Waals surface area contributed by atoms with Gasteiger partial charge in [0.05, 0.1) is 0 Å². The molecule has 0 radical (unpaired) electrons. The predicted octanol–water partition coefficient (Wildman–Crippen LogP) is 4.17. The van der Waals surface area contributed by atoms with Gasteiger partial charge in [-0.2, -0.15) is 13.2 Å². The number of alkyl halides is 3. The number of nitrogens with one attached hydrogen (secondary N) is 2. The molecule has 4 heterocycles. The average molecular weight is 535 g/mol. The molecule has 1 aliphatic carbocycles. The van der Waals surface area contributed by atoms with Crippen LogP contribution in [0.3, 0.4) is 0 Å². The number of aryl methyl sites for hydroxylation is 1. The Morgan fingerprint density at radius 1 is 0.949 bits per heavy atom. The summed E-state index contributed by atoms with van der Waals surface area (Å²) in [5.41, 5.74) is 1.86. The van der Waals surface area contributed by atoms with E-state index in [0.29, 0.717) is 43.7 Å². The molecule has 3 aliphatic rings. The third-order valence-electron chi connectivity index (χ3n) is 7.49. The van der Waals surface area contributed by atoms with E-state index in [1.807, 2.05) is 18.2 Å². The molecule has 0 atom stereocenters. The summed E-state index contributed by atoms with van der Waals surface area (Å²) < 4.78 is 53.3. The van der Waals surface area contributed by atoms with Crippen molar-refractivity contribution in [3.8, 4) is 34.0 Å². The number of benzene rings is 2. The average Bonchev–Trinajstić information content (AvgIpc) is 3.59. The SMILES string of the molecule is O=C1NC(=O)C2(CN(Cc3ccc4c(c3)CCc3c-4noc3-c3noc(-c4ccccc4)c3C(F)(F)F)C2)N1. The molecule has 39 heavy (non-hydrogen) atoms. The summed E-state index contributed by atoms with van der Waals surface area (Å²) in [6.45, 7) is 1.43. The fourth-order valence-electron chi connectivity index (χ4n) is 5.71. The quantitative estimate of drug-likeness (QED) is 0.377. The lowest BCUT2D eigenvalue weighted by molar-refractivity contribution is -0.137. The highest BCUT2D eigenvalue weighted by Crippen LogP contribution is 2.46. The lowest BCUT2D eigenvalue weighted by atomic mass is 9.86. The second kappa shape index (κ2) is 8.27. The van der Waals surface area contributed by atoms with Gasteiger partial charge < -0.3 is 14.4 Å². The third-order valence-corrected chi connectivity index (χ3v) is 7.49. The summed E-state index contributed by atoms with van der Waals surface area (Å²) in [5.74, 6) is -0.715. The molecule has 7 rings (SSSR count). The maximum absolute atomic E-state index is 14.2. The van der Waals surface area contributed by atoms with Gasteiger partial charge in [0.25, 0.3) is 5.91 Å². The van der Waals surface area contributed by atoms with Crippen LogP contribution in [0.4, 0.5) is 18.0 Å². The van der Waals surface area contributed by atoms with Crippen molar-refractivity contribution in [2.75, 3.05) is 13.1 Å². The number of likely N-dealkylation sites (tertiary alicyclic amines) is 1. The molecule has 2 fully saturated rings. The van der Waals surface area contributed by atoms with Crippen LogP contribution >= 0.6 is 0 Å². The lowest BCUT2D eigenvalue weighted by Crippen LogP contribution is -2.70. The predicted molar refractivity (Wildman–Crippen MR) is 130 cm³/mol. The van der Waals surface area contributed by atoms with Crippen molar-refractivity contribution in [1.82, 2.24) is 25.8 Å². The van der Waals surface area contributed by atoms with Crippen molar-refractivity contribution in [1.29, 1.82) is 0 Å². The minimum atomic E-state index is -4.72. The lowest BCUT2D eigenvalue weighted by Gasteiger charge is -2.45. The Labute approximate surface area is 218 Å². The molecular weight excluding hydrogens is 515 g/mol. The Hall–Kier alpha value is -4.45. The van der Waals surface area contributed by atoms with E-state index in [2.05, 4.69) is 25.8 Å². The number of amides is 3. The maximum Gasteiger partial charge on any atom is 0.422 e. The Kier molecular flexibility index (Phi) is 5.02. The van der Waals surface area contributed by atoms with Gasteiger partial charge >= 0.3 is 12.2 Å². The number of imide groups is 1. The molecular formula is C27H20F3N5O4. The summed E-state index contributed by atoms with van der Waals surface area (Å²) in [5, 5.41) is 12.9. The van der Waals surface area contributed by atoms with Crippen LogP contribution in [0.1, 0.15) is 22.3 Å². The highest BCUT2D eigenvalue weighted by molar-refractivity contribution is 6.08. The number of aromatic nitrogens is 2. The number of carbonyl (C=O) groups excluding carboxylic acids is 2. The minimum absolute atomic E-state index is 0.0410. The van der Waals surface area contributed by atoms with E-state index in [1.165, 1.54) is 12.1 Å². The highest BCUT2D eigenvalue weighted by Gasteiger charge is 2.54. The van der Waals surface area contributed by atoms with Crippen LogP contribution < -0.4 is 10.6 Å². The standard InChI is InChI=1S/C27H20F3N5O4/c28-27(29,30)19-21(34-38-22(19)15-4-2-1-3-5-15)23-18-9-7-16-10-14(6-8-17(16)20(18)33-39-23)11-35-12-26(13-35)24(36)31-25(37)32-26/h1-6,8,10H,7,9,11-13H2,(H2,31,32,36,37). The molecule has 1 spiro atoms. The van der Waals surface area contributed by atoms with Crippen LogP contribution in [-0.4, -0.2) is 45.8 Å². The smallest absolute Gasteiger partial charge is 0.355 e. The van der Waals surface area contributed by atoms with Crippen molar-refractivity contribution in [3.63, 3.8) is 0 Å². The summed E-state index contributed by atoms with van der Waals surface area (Å²) in [4.78, 5) is 25.6. The molecule has 0 saturated carbocycles. The van der Waals surface area contributed by atoms with E-state index in [1.54, 1.807) is 18.2 Å². The summed E-state index contributed by atoms with van der Waals surface area (Å²) >= 11 is 0. The third kappa shape index (κ3) is 3.74. The first-order chi connectivity index (χ1) is 18.7. The second-order valence-electron chi connectivity index (χ2n) is 10.1. The zero-order chi connectivity index (χ0) is 26.9. The molecule has 0 unspecified atom stereocenters. The van der Waals surface area contributed by atoms with E-state index >= 15 is 0 Å². The molecule has 2 saturated heterocycles. The molecule has 2 aliphatic heterocycles. The van der Waals surface area contributed by atoms with Crippen LogP contribution in [0.15, 0.2) is 57.6 Å². The summed E-state index contributed by atoms with van der Waals surface area (Å²) in [7, 11) is 0. The molecule has 2 aromatic heterocycles. The van der Waals surface area contributed by atoms with Gasteiger partial charge in [0.1, 0.15) is 16.8 Å². The first kappa shape index (κ1) is 23.7. The number of hydrogen-bond acceptors (Lipinski definition) is 7. The van der Waals surface area contributed by atoms with Crippen molar-refractivity contribution in [2.45, 2.75) is 31.1 Å². The number of hydrogen-bond donors (Lipinski definition) is 2. The van der Waals surface area contributed by atoms with Crippen molar-refractivity contribution >= 4 is 11.9 Å². The topological polar surface area (TPSA) is 114 Å². The Morgan fingerprint density at radius 3 is 2.41 bits per heavy atom. The van der Waals surface area contributed by atoms with Gasteiger partial charge in [0.2, 0.25) is 0 Å². The van der Waals surface area contributed by atoms with Crippen LogP contribution in [0.5, 0.6) is 0 Å². The Bertz CT molecular complexity index is 1640. The maximum atomic E-state index is 14.2. The number of nitrogens with zero attached hydrogens (tertiary/aromatic N) is 3. The monoisotopic (exact) mass is 535 g/mol. The van der Waals surface area contributed by atoms with Gasteiger partial charge in [0.15, 0.2) is 17.2 Å². The van der Waals surface area contributed by atoms with Crippen molar-refractivity contribution in [2.24, 2.45) is 0 Å². The molecule has 2 aromatic carbocycles. The Balaban J connectivity index is 1.17. The van der Waals surface area contributed by atoms with Crippen LogP contribution in [0.25, 0.3) is 34.0 Å². The van der Waals surface area contributed by atoms with Crippen molar-refractivity contribution in [3.05, 3.63) is 70.8 Å². The Morgan fingerprint density at radius 2 is 1.69 bits per heavy atom. The minimum Gasteiger partial charge on any atom is -0.355 e. The van der Waals surface area contributed by atoms with Gasteiger partial charge in [-0.15, -0.1) is 0 Å². The number of rotatable bonds is 4. The van der Waals surface area contributed by atoms with Gasteiger partial charge in [-0.05, 0) is 24.0 Å². The molecule has 0 bridgehead atoms. The summed E-state index contributed by atoms with van der Waals surface area (Å²) in [6, 6.07) is 13.4. The fourth-order valence-corrected chi connectivity index (χ4v) is 5.71. The van der Waals surface area contributed by atoms with Gasteiger partial charge in [-0.3, -0.25) is 15.0 Å². The molecule has 9 nitrogen and oxygen atoms in total. The molecule has 12 heteroatoms. The largest absolute Gasteiger partial charge is 0.422 e. The van der Waals surface area contributed by atoms with E-state index in [9.17, 15) is 22.8 Å². The van der Waals surface area contributed by atoms with Crippen LogP contribution in [0.2, 0.25) is 0 Å². The number of halogens is 3. The highest BCUT2D eigenvalue weighted by atomic mass is 19.4. The molecule has 4 aromatic rings. The van der Waals surface area contributed by atoms with E-state index < -0.39 is 29.0 Å².